The molecule has 0 saturated heterocycles. The van der Waals surface area contributed by atoms with E-state index in [1.807, 2.05) is 47.3 Å². The van der Waals surface area contributed by atoms with Crippen molar-refractivity contribution in [2.45, 2.75) is 26.4 Å². The van der Waals surface area contributed by atoms with Crippen molar-refractivity contribution in [3.8, 4) is 0 Å². The lowest BCUT2D eigenvalue weighted by molar-refractivity contribution is 0.0500. The third-order valence-corrected chi connectivity index (χ3v) is 3.83. The SMILES string of the molecule is CCCCOC(=O)c1ccc(NCn2cnc3ccccc32)cc1. The van der Waals surface area contributed by atoms with Crippen LogP contribution in [0.1, 0.15) is 30.1 Å². The molecule has 5 nitrogen and oxygen atoms in total. The van der Waals surface area contributed by atoms with Crippen LogP contribution in [0.25, 0.3) is 11.0 Å². The Kier molecular flexibility index (Phi) is 5.11. The van der Waals surface area contributed by atoms with Crippen LogP contribution in [0.3, 0.4) is 0 Å². The van der Waals surface area contributed by atoms with Gasteiger partial charge in [-0.3, -0.25) is 0 Å². The van der Waals surface area contributed by atoms with E-state index in [0.29, 0.717) is 18.8 Å². The molecule has 0 radical (unpaired) electrons. The summed E-state index contributed by atoms with van der Waals surface area (Å²) in [6, 6.07) is 15.3. The number of nitrogens with one attached hydrogen (secondary N) is 1. The minimum absolute atomic E-state index is 0.268. The number of aromatic nitrogens is 2. The zero-order valence-corrected chi connectivity index (χ0v) is 13.7. The first-order valence-corrected chi connectivity index (χ1v) is 8.19. The molecule has 0 saturated carbocycles. The van der Waals surface area contributed by atoms with E-state index in [4.69, 9.17) is 4.74 Å². The summed E-state index contributed by atoms with van der Waals surface area (Å²) in [5.74, 6) is -0.268. The van der Waals surface area contributed by atoms with Crippen molar-refractivity contribution in [3.63, 3.8) is 0 Å². The van der Waals surface area contributed by atoms with Crippen LogP contribution in [0.2, 0.25) is 0 Å². The Balaban J connectivity index is 1.59. The van der Waals surface area contributed by atoms with Crippen LogP contribution in [0.5, 0.6) is 0 Å². The molecular formula is C19H21N3O2. The molecular weight excluding hydrogens is 302 g/mol. The van der Waals surface area contributed by atoms with Crippen molar-refractivity contribution in [1.29, 1.82) is 0 Å². The molecule has 1 N–H and O–H groups in total. The van der Waals surface area contributed by atoms with Crippen LogP contribution >= 0.6 is 0 Å². The number of carbonyl (C=O) groups excluding carboxylic acids is 1. The van der Waals surface area contributed by atoms with Crippen molar-refractivity contribution in [2.24, 2.45) is 0 Å². The predicted molar refractivity (Wildman–Crippen MR) is 95.0 cm³/mol. The van der Waals surface area contributed by atoms with Crippen molar-refractivity contribution < 1.29 is 9.53 Å². The highest BCUT2D eigenvalue weighted by molar-refractivity contribution is 5.89. The van der Waals surface area contributed by atoms with Crippen molar-refractivity contribution >= 4 is 22.7 Å². The number of nitrogens with zero attached hydrogens (tertiary/aromatic N) is 2. The lowest BCUT2D eigenvalue weighted by atomic mass is 10.2. The van der Waals surface area contributed by atoms with Crippen molar-refractivity contribution in [3.05, 3.63) is 60.4 Å². The quantitative estimate of drug-likeness (QED) is 0.526. The summed E-state index contributed by atoms with van der Waals surface area (Å²) in [6.07, 6.45) is 3.72. The van der Waals surface area contributed by atoms with Crippen LogP contribution < -0.4 is 5.32 Å². The number of rotatable bonds is 7. The van der Waals surface area contributed by atoms with Crippen molar-refractivity contribution in [2.75, 3.05) is 11.9 Å². The molecule has 5 heteroatoms. The van der Waals surface area contributed by atoms with Gasteiger partial charge in [0, 0.05) is 5.69 Å². The largest absolute Gasteiger partial charge is 0.462 e. The average molecular weight is 323 g/mol. The topological polar surface area (TPSA) is 56.1 Å². The number of ether oxygens (including phenoxy) is 1. The van der Waals surface area contributed by atoms with Crippen LogP contribution in [0, 0.1) is 0 Å². The number of esters is 1. The number of fused-ring (bicyclic) bond motifs is 1. The number of hydrogen-bond donors (Lipinski definition) is 1. The first-order valence-electron chi connectivity index (χ1n) is 8.19. The zero-order chi connectivity index (χ0) is 16.8. The third-order valence-electron chi connectivity index (χ3n) is 3.83. The molecule has 0 aliphatic carbocycles. The molecule has 2 aromatic carbocycles. The van der Waals surface area contributed by atoms with Gasteiger partial charge in [0.25, 0.3) is 0 Å². The fraction of sp³-hybridized carbons (Fsp3) is 0.263. The summed E-state index contributed by atoms with van der Waals surface area (Å²) in [6.45, 7) is 3.15. The van der Waals surface area contributed by atoms with E-state index in [1.54, 1.807) is 12.1 Å². The van der Waals surface area contributed by atoms with E-state index in [9.17, 15) is 4.79 Å². The summed E-state index contributed by atoms with van der Waals surface area (Å²) in [5, 5.41) is 3.33. The van der Waals surface area contributed by atoms with Gasteiger partial charge in [0.2, 0.25) is 0 Å². The van der Waals surface area contributed by atoms with Gasteiger partial charge in [0.15, 0.2) is 0 Å². The van der Waals surface area contributed by atoms with Gasteiger partial charge in [-0.15, -0.1) is 0 Å². The van der Waals surface area contributed by atoms with E-state index in [2.05, 4.69) is 17.2 Å². The Morgan fingerprint density at radius 1 is 1.17 bits per heavy atom. The normalized spacial score (nSPS) is 10.7. The first-order chi connectivity index (χ1) is 11.8. The number of imidazole rings is 1. The molecule has 0 unspecified atom stereocenters. The summed E-state index contributed by atoms with van der Waals surface area (Å²) < 4.78 is 7.25. The second-order valence-electron chi connectivity index (χ2n) is 5.60. The molecule has 1 heterocycles. The molecule has 0 aliphatic heterocycles. The van der Waals surface area contributed by atoms with Gasteiger partial charge in [0.1, 0.15) is 0 Å². The zero-order valence-electron chi connectivity index (χ0n) is 13.7. The Labute approximate surface area is 141 Å². The molecule has 0 bridgehead atoms. The number of benzene rings is 2. The number of anilines is 1. The summed E-state index contributed by atoms with van der Waals surface area (Å²) in [5.41, 5.74) is 3.58. The van der Waals surface area contributed by atoms with Crippen LogP contribution in [-0.2, 0) is 11.4 Å². The van der Waals surface area contributed by atoms with Gasteiger partial charge in [-0.05, 0) is 42.8 Å². The number of unbranched alkanes of at least 4 members (excludes halogenated alkanes) is 1. The Morgan fingerprint density at radius 3 is 2.75 bits per heavy atom. The summed E-state index contributed by atoms with van der Waals surface area (Å²) in [7, 11) is 0. The molecule has 0 fully saturated rings. The smallest absolute Gasteiger partial charge is 0.338 e. The van der Waals surface area contributed by atoms with Gasteiger partial charge in [-0.2, -0.15) is 0 Å². The maximum absolute atomic E-state index is 11.9. The third kappa shape index (κ3) is 3.74. The van der Waals surface area contributed by atoms with Crippen LogP contribution in [-0.4, -0.2) is 22.1 Å². The van der Waals surface area contributed by atoms with E-state index in [0.717, 1.165) is 29.6 Å². The molecule has 0 amide bonds. The molecule has 0 aliphatic rings. The van der Waals surface area contributed by atoms with E-state index in [-0.39, 0.29) is 5.97 Å². The monoisotopic (exact) mass is 323 g/mol. The Hall–Kier alpha value is -2.82. The molecule has 1 aromatic heterocycles. The fourth-order valence-electron chi connectivity index (χ4n) is 2.43. The maximum Gasteiger partial charge on any atom is 0.338 e. The number of carbonyl (C=O) groups is 1. The Bertz CT molecular complexity index is 809. The summed E-state index contributed by atoms with van der Waals surface area (Å²) >= 11 is 0. The second kappa shape index (κ2) is 7.64. The molecule has 3 aromatic rings. The van der Waals surface area contributed by atoms with Crippen LogP contribution in [0.4, 0.5) is 5.69 Å². The van der Waals surface area contributed by atoms with Gasteiger partial charge in [-0.1, -0.05) is 25.5 Å². The van der Waals surface area contributed by atoms with Crippen molar-refractivity contribution in [1.82, 2.24) is 9.55 Å². The number of hydrogen-bond acceptors (Lipinski definition) is 4. The highest BCUT2D eigenvalue weighted by atomic mass is 16.5. The average Bonchev–Trinajstić information content (AvgIpc) is 3.04. The fourth-order valence-corrected chi connectivity index (χ4v) is 2.43. The highest BCUT2D eigenvalue weighted by Crippen LogP contribution is 2.14. The van der Waals surface area contributed by atoms with Gasteiger partial charge in [0.05, 0.1) is 36.2 Å². The minimum atomic E-state index is -0.268. The molecule has 0 atom stereocenters. The molecule has 3 rings (SSSR count). The van der Waals surface area contributed by atoms with E-state index < -0.39 is 0 Å². The van der Waals surface area contributed by atoms with Crippen LogP contribution in [0.15, 0.2) is 54.9 Å². The van der Waals surface area contributed by atoms with Gasteiger partial charge in [-0.25, -0.2) is 9.78 Å². The lowest BCUT2D eigenvalue weighted by Crippen LogP contribution is -2.08. The van der Waals surface area contributed by atoms with Gasteiger partial charge < -0.3 is 14.6 Å². The predicted octanol–water partition coefficient (Wildman–Crippen LogP) is 4.06. The van der Waals surface area contributed by atoms with E-state index >= 15 is 0 Å². The first kappa shape index (κ1) is 16.1. The maximum atomic E-state index is 11.9. The molecule has 124 valence electrons. The van der Waals surface area contributed by atoms with E-state index in [1.165, 1.54) is 0 Å². The van der Waals surface area contributed by atoms with Gasteiger partial charge >= 0.3 is 5.97 Å². The molecule has 24 heavy (non-hydrogen) atoms. The number of para-hydroxylation sites is 2. The lowest BCUT2D eigenvalue weighted by Gasteiger charge is -2.09. The Morgan fingerprint density at radius 2 is 1.96 bits per heavy atom. The molecule has 0 spiro atoms. The highest BCUT2D eigenvalue weighted by Gasteiger charge is 2.06. The standard InChI is InChI=1S/C19H21N3O2/c1-2-3-12-24-19(23)15-8-10-16(11-9-15)20-13-22-14-21-17-6-4-5-7-18(17)22/h4-11,14,20H,2-3,12-13H2,1H3. The second-order valence-corrected chi connectivity index (χ2v) is 5.60. The summed E-state index contributed by atoms with van der Waals surface area (Å²) in [4.78, 5) is 16.2. The minimum Gasteiger partial charge on any atom is -0.462 e.